The molecule has 1 aromatic carbocycles. The zero-order valence-corrected chi connectivity index (χ0v) is 31.7. The molecule has 2 heterocycles. The average molecular weight is 713 g/mol. The van der Waals surface area contributed by atoms with E-state index >= 15 is 0 Å². The first-order chi connectivity index (χ1) is 26.7. The van der Waals surface area contributed by atoms with Gasteiger partial charge in [-0.15, -0.1) is 0 Å². The molecular weight excluding hydrogens is 657 g/mol. The lowest BCUT2D eigenvalue weighted by Crippen LogP contribution is -2.45. The maximum atomic E-state index is 5.62. The molecule has 1 N–H and O–H groups in total. The molecule has 0 spiro atoms. The average Bonchev–Trinajstić information content (AvgIpc) is 3.27. The molecule has 54 heavy (non-hydrogen) atoms. The first-order valence-corrected chi connectivity index (χ1v) is 21.1. The van der Waals surface area contributed by atoms with Crippen LogP contribution >= 0.6 is 0 Å². The van der Waals surface area contributed by atoms with E-state index in [1.807, 2.05) is 0 Å². The summed E-state index contributed by atoms with van der Waals surface area (Å²) in [6, 6.07) is 9.25. The number of hydrogen-bond acceptors (Lipinski definition) is 4. The van der Waals surface area contributed by atoms with Gasteiger partial charge in [-0.3, -0.25) is 4.99 Å². The van der Waals surface area contributed by atoms with Crippen LogP contribution in [-0.2, 0) is 0 Å². The number of allylic oxidation sites excluding steroid dienone is 18. The van der Waals surface area contributed by atoms with Crippen LogP contribution in [0, 0.1) is 41.4 Å². The predicted octanol–water partition coefficient (Wildman–Crippen LogP) is 11.6. The summed E-state index contributed by atoms with van der Waals surface area (Å²) in [7, 11) is 0. The summed E-state index contributed by atoms with van der Waals surface area (Å²) in [5.41, 5.74) is 6.78. The fourth-order valence-electron chi connectivity index (χ4n) is 10.2. The lowest BCUT2D eigenvalue weighted by molar-refractivity contribution is 0.218. The van der Waals surface area contributed by atoms with Crippen molar-refractivity contribution in [3.05, 3.63) is 156 Å². The second kappa shape index (κ2) is 16.4. The van der Waals surface area contributed by atoms with Crippen molar-refractivity contribution >= 4 is 17.4 Å². The first kappa shape index (κ1) is 35.2. The molecule has 6 aliphatic carbocycles. The number of aliphatic imine (C=N–C) groups is 3. The van der Waals surface area contributed by atoms with Crippen molar-refractivity contribution in [3.63, 3.8) is 0 Å². The van der Waals surface area contributed by atoms with Gasteiger partial charge in [0.2, 0.25) is 0 Å². The van der Waals surface area contributed by atoms with Crippen molar-refractivity contribution in [2.75, 3.05) is 0 Å². The molecule has 4 nitrogen and oxygen atoms in total. The minimum Gasteiger partial charge on any atom is -0.347 e. The van der Waals surface area contributed by atoms with Crippen molar-refractivity contribution < 1.29 is 0 Å². The molecule has 1 saturated carbocycles. The Labute approximate surface area is 323 Å². The third kappa shape index (κ3) is 7.81. The van der Waals surface area contributed by atoms with Gasteiger partial charge in [0.25, 0.3) is 0 Å². The number of benzene rings is 1. The molecule has 9 unspecified atom stereocenters. The van der Waals surface area contributed by atoms with Crippen molar-refractivity contribution in [1.82, 2.24) is 5.32 Å². The maximum Gasteiger partial charge on any atom is 0.137 e. The summed E-state index contributed by atoms with van der Waals surface area (Å²) in [6.45, 7) is 0. The van der Waals surface area contributed by atoms with Gasteiger partial charge in [-0.2, -0.15) is 0 Å². The van der Waals surface area contributed by atoms with Crippen LogP contribution in [0.4, 0.5) is 0 Å². The quantitative estimate of drug-likeness (QED) is 0.268. The minimum absolute atomic E-state index is 0.0312. The normalized spacial score (nSPS) is 34.4. The molecule has 8 aliphatic rings. The van der Waals surface area contributed by atoms with Gasteiger partial charge in [0.15, 0.2) is 0 Å². The van der Waals surface area contributed by atoms with Crippen molar-refractivity contribution in [2.24, 2.45) is 56.4 Å². The zero-order chi connectivity index (χ0) is 36.1. The molecular formula is C50H56N4. The van der Waals surface area contributed by atoms with Crippen LogP contribution in [0.1, 0.15) is 94.1 Å². The van der Waals surface area contributed by atoms with E-state index in [0.29, 0.717) is 47.3 Å². The van der Waals surface area contributed by atoms with E-state index in [0.717, 1.165) is 68.6 Å². The Bertz CT molecular complexity index is 1950. The first-order valence-electron chi connectivity index (χ1n) is 21.1. The highest BCUT2D eigenvalue weighted by Crippen LogP contribution is 2.47. The Balaban J connectivity index is 1.05. The molecule has 1 aromatic rings. The Kier molecular flexibility index (Phi) is 10.7. The van der Waals surface area contributed by atoms with E-state index in [1.54, 1.807) is 0 Å². The molecule has 0 aromatic heterocycles. The fraction of sp³-hybridized carbons (Fsp3) is 0.420. The van der Waals surface area contributed by atoms with Crippen LogP contribution in [0.2, 0.25) is 0 Å². The smallest absolute Gasteiger partial charge is 0.137 e. The summed E-state index contributed by atoms with van der Waals surface area (Å²) in [4.78, 5) is 16.7. The van der Waals surface area contributed by atoms with E-state index in [4.69, 9.17) is 15.0 Å². The van der Waals surface area contributed by atoms with Gasteiger partial charge >= 0.3 is 0 Å². The fourth-order valence-corrected chi connectivity index (χ4v) is 10.2. The molecule has 9 rings (SSSR count). The van der Waals surface area contributed by atoms with Crippen LogP contribution in [0.5, 0.6) is 0 Å². The van der Waals surface area contributed by atoms with Gasteiger partial charge in [0.05, 0.1) is 0 Å². The molecule has 4 heteroatoms. The van der Waals surface area contributed by atoms with Crippen molar-refractivity contribution in [3.8, 4) is 0 Å². The third-order valence-corrected chi connectivity index (χ3v) is 13.2. The van der Waals surface area contributed by atoms with Crippen LogP contribution in [0.25, 0.3) is 0 Å². The lowest BCUT2D eigenvalue weighted by atomic mass is 9.64. The van der Waals surface area contributed by atoms with Crippen LogP contribution in [-0.4, -0.2) is 23.5 Å². The van der Waals surface area contributed by atoms with Crippen molar-refractivity contribution in [2.45, 2.75) is 89.1 Å². The highest BCUT2D eigenvalue weighted by atomic mass is 15.2. The van der Waals surface area contributed by atoms with Gasteiger partial charge in [0.1, 0.15) is 17.8 Å². The Morgan fingerprint density at radius 2 is 1.41 bits per heavy atom. The number of amidine groups is 2. The van der Waals surface area contributed by atoms with Crippen molar-refractivity contribution in [1.29, 1.82) is 0 Å². The molecule has 9 atom stereocenters. The second-order valence-corrected chi connectivity index (χ2v) is 16.7. The molecule has 0 bridgehead atoms. The number of rotatable bonds is 8. The van der Waals surface area contributed by atoms with Crippen LogP contribution < -0.4 is 5.32 Å². The van der Waals surface area contributed by atoms with Crippen LogP contribution in [0.3, 0.4) is 0 Å². The van der Waals surface area contributed by atoms with Gasteiger partial charge in [-0.1, -0.05) is 134 Å². The minimum atomic E-state index is -0.0312. The Morgan fingerprint density at radius 1 is 0.611 bits per heavy atom. The van der Waals surface area contributed by atoms with E-state index in [1.165, 1.54) is 48.2 Å². The lowest BCUT2D eigenvalue weighted by Gasteiger charge is -2.42. The van der Waals surface area contributed by atoms with E-state index < -0.39 is 0 Å². The summed E-state index contributed by atoms with van der Waals surface area (Å²) < 4.78 is 0. The third-order valence-electron chi connectivity index (χ3n) is 13.2. The largest absolute Gasteiger partial charge is 0.347 e. The number of nitrogens with one attached hydrogen (secondary N) is 1. The maximum absolute atomic E-state index is 5.62. The monoisotopic (exact) mass is 712 g/mol. The number of hydrogen-bond donors (Lipinski definition) is 1. The highest BCUT2D eigenvalue weighted by molar-refractivity contribution is 6.08. The topological polar surface area (TPSA) is 49.1 Å². The predicted molar refractivity (Wildman–Crippen MR) is 227 cm³/mol. The van der Waals surface area contributed by atoms with Crippen LogP contribution in [0.15, 0.2) is 160 Å². The van der Waals surface area contributed by atoms with Gasteiger partial charge in [-0.25, -0.2) is 9.98 Å². The molecule has 0 amide bonds. The summed E-state index contributed by atoms with van der Waals surface area (Å²) in [5.74, 6) is 5.32. The number of nitrogens with zero attached hydrogens (tertiary/aromatic N) is 3. The molecule has 0 radical (unpaired) electrons. The van der Waals surface area contributed by atoms with E-state index in [-0.39, 0.29) is 6.17 Å². The van der Waals surface area contributed by atoms with Gasteiger partial charge in [-0.05, 0) is 100 Å². The van der Waals surface area contributed by atoms with Gasteiger partial charge < -0.3 is 5.32 Å². The molecule has 0 saturated heterocycles. The van der Waals surface area contributed by atoms with Gasteiger partial charge in [0, 0.05) is 52.5 Å². The second-order valence-electron chi connectivity index (χ2n) is 16.7. The standard InChI is InChI=1S/C50H56N4/c1-6-16-35(17-7-1)37-26-28-41(29-27-37)49-52-48(40-24-14-5-15-25-40)53-50(54-49)44-33-42(36-18-8-2-9-19-36)32-43(34-44)45-30-31-46(38-20-10-3-11-21-38)51-47(45)39-22-12-4-13-23-39/h3-6,8,10-16,18-20,22,24,26-29,31,35,38-40,42-45,48H,1-2,7,9,17,21,23,25,30,32-34H2,(H,52,53,54). The van der Waals surface area contributed by atoms with E-state index in [9.17, 15) is 0 Å². The Morgan fingerprint density at radius 3 is 2.13 bits per heavy atom. The SMILES string of the molecule is C1=CCC(C2=CCC(C3CC(C4=CCCC=C4)CC(C4=NC(C5C=CC=CC5)NC(c5ccc(C6C=CCCC6)cc5)=N4)C3)C(C3C=CC=CC3)=N2)C=C1. The molecule has 1 fully saturated rings. The molecule has 276 valence electrons. The summed E-state index contributed by atoms with van der Waals surface area (Å²) in [6.07, 6.45) is 55.3. The zero-order valence-electron chi connectivity index (χ0n) is 31.7. The highest BCUT2D eigenvalue weighted by Gasteiger charge is 2.41. The van der Waals surface area contributed by atoms with E-state index in [2.05, 4.69) is 139 Å². The summed E-state index contributed by atoms with van der Waals surface area (Å²) >= 11 is 0. The molecule has 2 aliphatic heterocycles. The summed E-state index contributed by atoms with van der Waals surface area (Å²) in [5, 5.41) is 3.83. The Hall–Kier alpha value is -4.57.